The van der Waals surface area contributed by atoms with Gasteiger partial charge in [-0.05, 0) is 61.8 Å². The van der Waals surface area contributed by atoms with Crippen molar-refractivity contribution in [2.75, 3.05) is 32.1 Å². The van der Waals surface area contributed by atoms with Gasteiger partial charge in [0.15, 0.2) is 5.82 Å². The number of halogens is 2. The van der Waals surface area contributed by atoms with Gasteiger partial charge < -0.3 is 19.9 Å². The molecule has 2 aliphatic heterocycles. The molecule has 1 aromatic carbocycles. The summed E-state index contributed by atoms with van der Waals surface area (Å²) in [5.41, 5.74) is 5.19. The summed E-state index contributed by atoms with van der Waals surface area (Å²) in [5.74, 6) is 0.785. The Morgan fingerprint density at radius 2 is 1.95 bits per heavy atom. The fourth-order valence-corrected chi connectivity index (χ4v) is 6.66. The zero-order valence-electron chi connectivity index (χ0n) is 23.4. The Hall–Kier alpha value is -3.47. The van der Waals surface area contributed by atoms with Gasteiger partial charge in [0.2, 0.25) is 0 Å². The molecular formula is C29H37F2N7O2. The first-order valence-corrected chi connectivity index (χ1v) is 14.2. The van der Waals surface area contributed by atoms with E-state index in [9.17, 15) is 13.6 Å². The number of nitrogens with one attached hydrogen (secondary N) is 1. The van der Waals surface area contributed by atoms with Gasteiger partial charge in [0.25, 0.3) is 6.43 Å². The molecule has 2 aromatic heterocycles. The summed E-state index contributed by atoms with van der Waals surface area (Å²) in [6.45, 7) is 1.74. The Morgan fingerprint density at radius 3 is 2.62 bits per heavy atom. The molecule has 11 heteroatoms. The molecule has 1 fully saturated rings. The van der Waals surface area contributed by atoms with E-state index in [0.717, 1.165) is 66.9 Å². The maximum Gasteiger partial charge on any atom is 0.317 e. The smallest absolute Gasteiger partial charge is 0.317 e. The Morgan fingerprint density at radius 1 is 1.15 bits per heavy atom. The lowest BCUT2D eigenvalue weighted by molar-refractivity contribution is 0.0563. The van der Waals surface area contributed by atoms with Crippen LogP contribution in [0.2, 0.25) is 0 Å². The predicted molar refractivity (Wildman–Crippen MR) is 148 cm³/mol. The number of amides is 2. The Labute approximate surface area is 233 Å². The third kappa shape index (κ3) is 4.74. The van der Waals surface area contributed by atoms with Crippen LogP contribution >= 0.6 is 0 Å². The fraction of sp³-hybridized carbons (Fsp3) is 0.552. The number of carbonyl (C=O) groups is 1. The normalized spacial score (nSPS) is 20.9. The quantitative estimate of drug-likeness (QED) is 0.474. The molecule has 2 amide bonds. The number of ether oxygens (including phenoxy) is 1. The number of aromatic nitrogens is 4. The fourth-order valence-electron chi connectivity index (χ4n) is 6.66. The predicted octanol–water partition coefficient (Wildman–Crippen LogP) is 5.13. The minimum absolute atomic E-state index is 0.00294. The first-order valence-electron chi connectivity index (χ1n) is 14.2. The van der Waals surface area contributed by atoms with E-state index in [1.165, 1.54) is 0 Å². The average molecular weight is 554 g/mol. The van der Waals surface area contributed by atoms with Crippen molar-refractivity contribution in [1.29, 1.82) is 0 Å². The van der Waals surface area contributed by atoms with E-state index in [2.05, 4.69) is 20.0 Å². The van der Waals surface area contributed by atoms with Crippen LogP contribution in [0.1, 0.15) is 67.0 Å². The van der Waals surface area contributed by atoms with Crippen LogP contribution in [0.25, 0.3) is 11.1 Å². The van der Waals surface area contributed by atoms with Crippen LogP contribution in [0.4, 0.5) is 25.1 Å². The van der Waals surface area contributed by atoms with Gasteiger partial charge in [-0.3, -0.25) is 9.36 Å². The van der Waals surface area contributed by atoms with E-state index in [1.54, 1.807) is 49.2 Å². The number of alkyl halides is 2. The summed E-state index contributed by atoms with van der Waals surface area (Å²) in [5, 5.41) is 12.2. The number of hydrogen-bond acceptors (Lipinski definition) is 5. The van der Waals surface area contributed by atoms with Crippen LogP contribution < -0.4 is 10.2 Å². The van der Waals surface area contributed by atoms with Crippen molar-refractivity contribution in [2.45, 2.75) is 70.1 Å². The molecule has 1 N–H and O–H groups in total. The van der Waals surface area contributed by atoms with Crippen LogP contribution in [0, 0.1) is 0 Å². The molecule has 3 aromatic rings. The standard InChI is InChI=1S/C29H37F2N7O2/c1-32-29(39)36-12-10-25-24(17-36)28(34-38(25)20-6-8-21(40-3)9-7-20)37-11-4-5-18-13-22(19-15-33-35(2)16-19)23(27(30)31)14-26(18)37/h13-16,20-21,27H,4-12,17H2,1-3H3,(H,32,39)/t20-,21+. The summed E-state index contributed by atoms with van der Waals surface area (Å²) in [6.07, 6.45) is 7.38. The monoisotopic (exact) mass is 553 g/mol. The molecule has 0 atom stereocenters. The van der Waals surface area contributed by atoms with Gasteiger partial charge in [-0.15, -0.1) is 0 Å². The van der Waals surface area contributed by atoms with E-state index in [4.69, 9.17) is 9.84 Å². The average Bonchev–Trinajstić information content (AvgIpc) is 3.59. The van der Waals surface area contributed by atoms with E-state index < -0.39 is 6.43 Å². The van der Waals surface area contributed by atoms with Gasteiger partial charge >= 0.3 is 6.03 Å². The third-order valence-electron chi connectivity index (χ3n) is 8.76. The number of benzene rings is 1. The van der Waals surface area contributed by atoms with Crippen molar-refractivity contribution in [3.05, 3.63) is 46.9 Å². The van der Waals surface area contributed by atoms with Crippen molar-refractivity contribution < 1.29 is 18.3 Å². The van der Waals surface area contributed by atoms with E-state index in [-0.39, 0.29) is 23.7 Å². The highest BCUT2D eigenvalue weighted by atomic mass is 19.3. The number of anilines is 2. The van der Waals surface area contributed by atoms with Crippen molar-refractivity contribution in [3.8, 4) is 11.1 Å². The lowest BCUT2D eigenvalue weighted by Gasteiger charge is -2.33. The molecule has 9 nitrogen and oxygen atoms in total. The van der Waals surface area contributed by atoms with Gasteiger partial charge in [-0.25, -0.2) is 13.6 Å². The molecule has 4 heterocycles. The van der Waals surface area contributed by atoms with Crippen LogP contribution in [0.5, 0.6) is 0 Å². The summed E-state index contributed by atoms with van der Waals surface area (Å²) < 4.78 is 38.3. The number of rotatable bonds is 5. The summed E-state index contributed by atoms with van der Waals surface area (Å²) in [4.78, 5) is 16.5. The highest BCUT2D eigenvalue weighted by Gasteiger charge is 2.35. The lowest BCUT2D eigenvalue weighted by Crippen LogP contribution is -2.42. The van der Waals surface area contributed by atoms with Gasteiger partial charge in [-0.1, -0.05) is 0 Å². The zero-order valence-corrected chi connectivity index (χ0v) is 23.4. The number of aryl methyl sites for hydroxylation is 2. The molecule has 3 aliphatic rings. The molecule has 1 aliphatic carbocycles. The van der Waals surface area contributed by atoms with E-state index >= 15 is 0 Å². The number of hydrogen-bond donors (Lipinski definition) is 1. The number of carbonyl (C=O) groups excluding carboxylic acids is 1. The topological polar surface area (TPSA) is 80.5 Å². The third-order valence-corrected chi connectivity index (χ3v) is 8.76. The zero-order chi connectivity index (χ0) is 28.0. The second kappa shape index (κ2) is 10.8. The second-order valence-corrected chi connectivity index (χ2v) is 11.1. The molecule has 0 radical (unpaired) electrons. The Bertz CT molecular complexity index is 1390. The Kier molecular flexibility index (Phi) is 7.24. The van der Waals surface area contributed by atoms with E-state index in [0.29, 0.717) is 37.2 Å². The van der Waals surface area contributed by atoms with Gasteiger partial charge in [0, 0.05) is 75.0 Å². The van der Waals surface area contributed by atoms with Crippen LogP contribution in [-0.4, -0.2) is 63.8 Å². The van der Waals surface area contributed by atoms with Gasteiger partial charge in [0.05, 0.1) is 24.9 Å². The Balaban J connectivity index is 1.44. The van der Waals surface area contributed by atoms with Crippen LogP contribution in [0.15, 0.2) is 24.5 Å². The second-order valence-electron chi connectivity index (χ2n) is 11.1. The van der Waals surface area contributed by atoms with Crippen molar-refractivity contribution in [3.63, 3.8) is 0 Å². The molecule has 40 heavy (non-hydrogen) atoms. The molecule has 1 saturated carbocycles. The molecular weight excluding hydrogens is 516 g/mol. The van der Waals surface area contributed by atoms with Gasteiger partial charge in [0.1, 0.15) is 0 Å². The van der Waals surface area contributed by atoms with Crippen molar-refractivity contribution in [2.24, 2.45) is 7.05 Å². The summed E-state index contributed by atoms with van der Waals surface area (Å²) in [7, 11) is 5.20. The molecule has 0 bridgehead atoms. The van der Waals surface area contributed by atoms with Crippen LogP contribution in [-0.2, 0) is 31.2 Å². The lowest BCUT2D eigenvalue weighted by atomic mass is 9.92. The number of urea groups is 1. The first kappa shape index (κ1) is 26.7. The van der Waals surface area contributed by atoms with Crippen LogP contribution in [0.3, 0.4) is 0 Å². The first-order chi connectivity index (χ1) is 19.4. The molecule has 0 saturated heterocycles. The largest absolute Gasteiger partial charge is 0.381 e. The number of methoxy groups -OCH3 is 1. The highest BCUT2D eigenvalue weighted by Crippen LogP contribution is 2.44. The van der Waals surface area contributed by atoms with E-state index in [1.807, 2.05) is 6.07 Å². The highest BCUT2D eigenvalue weighted by molar-refractivity contribution is 5.78. The summed E-state index contributed by atoms with van der Waals surface area (Å²) >= 11 is 0. The van der Waals surface area contributed by atoms with Crippen molar-refractivity contribution >= 4 is 17.5 Å². The molecule has 0 spiro atoms. The minimum Gasteiger partial charge on any atom is -0.381 e. The van der Waals surface area contributed by atoms with Gasteiger partial charge in [-0.2, -0.15) is 10.2 Å². The minimum atomic E-state index is -2.63. The maximum absolute atomic E-state index is 14.5. The molecule has 214 valence electrons. The number of nitrogens with zero attached hydrogens (tertiary/aromatic N) is 6. The van der Waals surface area contributed by atoms with Crippen molar-refractivity contribution in [1.82, 2.24) is 29.8 Å². The maximum atomic E-state index is 14.5. The molecule has 0 unspecified atom stereocenters. The number of fused-ring (bicyclic) bond motifs is 2. The molecule has 6 rings (SSSR count). The summed E-state index contributed by atoms with van der Waals surface area (Å²) in [6, 6.07) is 3.70. The SMILES string of the molecule is CNC(=O)N1CCc2c(c(N3CCCc4cc(-c5cnn(C)c5)c(C(F)F)cc43)nn2[C@H]2CC[C@@H](OC)CC2)C1.